The van der Waals surface area contributed by atoms with Crippen molar-refractivity contribution in [3.05, 3.63) is 65.5 Å². The van der Waals surface area contributed by atoms with Gasteiger partial charge in [-0.3, -0.25) is 4.79 Å². The largest absolute Gasteiger partial charge is 0.298 e. The molecule has 0 spiro atoms. The van der Waals surface area contributed by atoms with Gasteiger partial charge in [0.2, 0.25) is 0 Å². The summed E-state index contributed by atoms with van der Waals surface area (Å²) < 4.78 is 13.6. The van der Waals surface area contributed by atoms with Crippen LogP contribution in [-0.4, -0.2) is 6.29 Å². The van der Waals surface area contributed by atoms with Crippen molar-refractivity contribution < 1.29 is 9.18 Å². The highest BCUT2D eigenvalue weighted by Crippen LogP contribution is 2.27. The standard InChI is InChI=1S/C16H12ClFO/c1-11(10-19)16(17)13-8-6-12(7-9-13)14-4-2-3-5-15(14)18/h2-10H,1H3/b16-11+. The topological polar surface area (TPSA) is 17.1 Å². The second-order valence-corrected chi connectivity index (χ2v) is 4.55. The van der Waals surface area contributed by atoms with E-state index in [2.05, 4.69) is 0 Å². The van der Waals surface area contributed by atoms with E-state index in [1.807, 2.05) is 0 Å². The number of hydrogen-bond acceptors (Lipinski definition) is 1. The maximum atomic E-state index is 13.6. The molecule has 2 rings (SSSR count). The van der Waals surface area contributed by atoms with E-state index in [0.717, 1.165) is 11.1 Å². The van der Waals surface area contributed by atoms with Gasteiger partial charge in [0, 0.05) is 11.1 Å². The van der Waals surface area contributed by atoms with Crippen LogP contribution in [0.3, 0.4) is 0 Å². The van der Waals surface area contributed by atoms with Crippen molar-refractivity contribution in [3.8, 4) is 11.1 Å². The molecule has 0 aliphatic heterocycles. The van der Waals surface area contributed by atoms with Crippen molar-refractivity contribution >= 4 is 22.9 Å². The number of allylic oxidation sites excluding steroid dienone is 1. The van der Waals surface area contributed by atoms with Crippen molar-refractivity contribution in [2.75, 3.05) is 0 Å². The number of halogens is 2. The molecule has 0 saturated carbocycles. The molecule has 0 heterocycles. The Kier molecular flexibility index (Phi) is 4.13. The van der Waals surface area contributed by atoms with Gasteiger partial charge >= 0.3 is 0 Å². The maximum absolute atomic E-state index is 13.6. The van der Waals surface area contributed by atoms with Gasteiger partial charge in [-0.05, 0) is 24.1 Å². The van der Waals surface area contributed by atoms with E-state index in [0.29, 0.717) is 22.5 Å². The van der Waals surface area contributed by atoms with E-state index in [4.69, 9.17) is 11.6 Å². The van der Waals surface area contributed by atoms with E-state index >= 15 is 0 Å². The lowest BCUT2D eigenvalue weighted by Gasteiger charge is -2.05. The molecule has 0 amide bonds. The molecule has 0 radical (unpaired) electrons. The molecule has 96 valence electrons. The number of aldehydes is 1. The van der Waals surface area contributed by atoms with Crippen LogP contribution in [0.25, 0.3) is 16.2 Å². The third kappa shape index (κ3) is 2.91. The number of rotatable bonds is 3. The second kappa shape index (κ2) is 5.81. The van der Waals surface area contributed by atoms with Crippen LogP contribution in [-0.2, 0) is 4.79 Å². The van der Waals surface area contributed by atoms with Crippen LogP contribution >= 0.6 is 11.6 Å². The number of hydrogen-bond donors (Lipinski definition) is 0. The maximum Gasteiger partial charge on any atom is 0.147 e. The predicted molar refractivity (Wildman–Crippen MR) is 76.3 cm³/mol. The van der Waals surface area contributed by atoms with E-state index in [1.54, 1.807) is 49.4 Å². The minimum atomic E-state index is -0.263. The van der Waals surface area contributed by atoms with E-state index in [1.165, 1.54) is 6.07 Å². The quantitative estimate of drug-likeness (QED) is 0.588. The molecular weight excluding hydrogens is 263 g/mol. The summed E-state index contributed by atoms with van der Waals surface area (Å²) >= 11 is 6.06. The summed E-state index contributed by atoms with van der Waals surface area (Å²) in [7, 11) is 0. The Labute approximate surface area is 116 Å². The third-order valence-electron chi connectivity index (χ3n) is 2.85. The minimum Gasteiger partial charge on any atom is -0.298 e. The second-order valence-electron chi connectivity index (χ2n) is 4.17. The van der Waals surface area contributed by atoms with Gasteiger partial charge in [0.25, 0.3) is 0 Å². The van der Waals surface area contributed by atoms with Gasteiger partial charge in [-0.2, -0.15) is 0 Å². The van der Waals surface area contributed by atoms with E-state index in [-0.39, 0.29) is 5.82 Å². The van der Waals surface area contributed by atoms with Crippen molar-refractivity contribution in [3.63, 3.8) is 0 Å². The SMILES string of the molecule is C/C(C=O)=C(\Cl)c1ccc(-c2ccccc2F)cc1. The normalized spacial score (nSPS) is 11.9. The number of benzene rings is 2. The summed E-state index contributed by atoms with van der Waals surface area (Å²) in [6, 6.07) is 13.7. The molecule has 2 aromatic rings. The highest BCUT2D eigenvalue weighted by Gasteiger charge is 2.06. The molecule has 0 aromatic heterocycles. The molecular formula is C16H12ClFO. The molecule has 1 nitrogen and oxygen atoms in total. The molecule has 3 heteroatoms. The Balaban J connectivity index is 2.40. The Morgan fingerprint density at radius 1 is 1.11 bits per heavy atom. The van der Waals surface area contributed by atoms with Crippen LogP contribution in [0.1, 0.15) is 12.5 Å². The van der Waals surface area contributed by atoms with Gasteiger partial charge in [-0.1, -0.05) is 54.1 Å². The molecule has 0 atom stereocenters. The van der Waals surface area contributed by atoms with Crippen LogP contribution in [0.15, 0.2) is 54.1 Å². The average molecular weight is 275 g/mol. The Morgan fingerprint density at radius 3 is 2.32 bits per heavy atom. The zero-order chi connectivity index (χ0) is 13.8. The van der Waals surface area contributed by atoms with Gasteiger partial charge in [-0.25, -0.2) is 4.39 Å². The van der Waals surface area contributed by atoms with Crippen molar-refractivity contribution in [2.45, 2.75) is 6.92 Å². The fourth-order valence-electron chi connectivity index (χ4n) is 1.77. The van der Waals surface area contributed by atoms with Gasteiger partial charge < -0.3 is 0 Å². The third-order valence-corrected chi connectivity index (χ3v) is 3.36. The average Bonchev–Trinajstić information content (AvgIpc) is 2.46. The number of carbonyl (C=O) groups is 1. The van der Waals surface area contributed by atoms with Gasteiger partial charge in [0.05, 0.1) is 5.03 Å². The van der Waals surface area contributed by atoms with Crippen molar-refractivity contribution in [1.82, 2.24) is 0 Å². The lowest BCUT2D eigenvalue weighted by molar-refractivity contribution is -0.104. The first-order chi connectivity index (χ1) is 9.13. The first-order valence-corrected chi connectivity index (χ1v) is 6.18. The molecule has 2 aromatic carbocycles. The van der Waals surface area contributed by atoms with Crippen molar-refractivity contribution in [2.24, 2.45) is 0 Å². The summed E-state index contributed by atoms with van der Waals surface area (Å²) in [5, 5.41) is 0.412. The Bertz CT molecular complexity index is 629. The zero-order valence-electron chi connectivity index (χ0n) is 10.4. The molecule has 0 unspecified atom stereocenters. The fourth-order valence-corrected chi connectivity index (χ4v) is 1.94. The molecule has 0 aliphatic rings. The first-order valence-electron chi connectivity index (χ1n) is 5.80. The van der Waals surface area contributed by atoms with Crippen LogP contribution in [0.2, 0.25) is 0 Å². The van der Waals surface area contributed by atoms with Gasteiger partial charge in [0.1, 0.15) is 12.1 Å². The fraction of sp³-hybridized carbons (Fsp3) is 0.0625. The summed E-state index contributed by atoms with van der Waals surface area (Å²) in [5.41, 5.74) is 2.53. The minimum absolute atomic E-state index is 0.263. The van der Waals surface area contributed by atoms with Crippen molar-refractivity contribution in [1.29, 1.82) is 0 Å². The molecule has 0 N–H and O–H groups in total. The Morgan fingerprint density at radius 2 is 1.74 bits per heavy atom. The number of carbonyl (C=O) groups excluding carboxylic acids is 1. The summed E-state index contributed by atoms with van der Waals surface area (Å²) in [6.45, 7) is 1.65. The van der Waals surface area contributed by atoms with E-state index < -0.39 is 0 Å². The zero-order valence-corrected chi connectivity index (χ0v) is 11.1. The summed E-state index contributed by atoms with van der Waals surface area (Å²) in [6.07, 6.45) is 0.715. The van der Waals surface area contributed by atoms with E-state index in [9.17, 15) is 9.18 Å². The molecule has 0 aliphatic carbocycles. The highest BCUT2D eigenvalue weighted by atomic mass is 35.5. The van der Waals surface area contributed by atoms with Gasteiger partial charge in [-0.15, -0.1) is 0 Å². The lowest BCUT2D eigenvalue weighted by Crippen LogP contribution is -1.86. The molecule has 0 bridgehead atoms. The summed E-state index contributed by atoms with van der Waals surface area (Å²) in [4.78, 5) is 10.7. The lowest BCUT2D eigenvalue weighted by atomic mass is 10.0. The molecule has 0 fully saturated rings. The summed E-state index contributed by atoms with van der Waals surface area (Å²) in [5.74, 6) is -0.263. The monoisotopic (exact) mass is 274 g/mol. The van der Waals surface area contributed by atoms with Gasteiger partial charge in [0.15, 0.2) is 0 Å². The first kappa shape index (κ1) is 13.5. The van der Waals surface area contributed by atoms with Crippen LogP contribution < -0.4 is 0 Å². The molecule has 0 saturated heterocycles. The smallest absolute Gasteiger partial charge is 0.147 e. The van der Waals surface area contributed by atoms with Crippen LogP contribution in [0.5, 0.6) is 0 Å². The highest BCUT2D eigenvalue weighted by molar-refractivity contribution is 6.50. The van der Waals surface area contributed by atoms with Crippen LogP contribution in [0.4, 0.5) is 4.39 Å². The van der Waals surface area contributed by atoms with Crippen LogP contribution in [0, 0.1) is 5.82 Å². The Hall–Kier alpha value is -1.93. The predicted octanol–water partition coefficient (Wildman–Crippen LogP) is 4.66. The molecule has 19 heavy (non-hydrogen) atoms.